The smallest absolute Gasteiger partial charge is 0.125 e. The molecule has 0 saturated carbocycles. The van der Waals surface area contributed by atoms with Crippen LogP contribution in [0, 0.1) is 0 Å². The fraction of sp³-hybridized carbons (Fsp3) is 0.294. The lowest BCUT2D eigenvalue weighted by Gasteiger charge is -2.12. The van der Waals surface area contributed by atoms with Crippen molar-refractivity contribution in [1.82, 2.24) is 0 Å². The first-order valence-corrected chi connectivity index (χ1v) is 6.78. The molecular weight excluding hydrogens is 268 g/mol. The summed E-state index contributed by atoms with van der Waals surface area (Å²) in [6, 6.07) is 13.6. The van der Waals surface area contributed by atoms with E-state index in [4.69, 9.17) is 14.2 Å². The van der Waals surface area contributed by atoms with E-state index in [1.807, 2.05) is 42.5 Å². The maximum atomic E-state index is 9.38. The van der Waals surface area contributed by atoms with Gasteiger partial charge < -0.3 is 19.3 Å². The SMILES string of the molecule is COCCOc1cc(-c2ccc(OC)cc2)ccc1CO. The summed E-state index contributed by atoms with van der Waals surface area (Å²) in [7, 11) is 3.27. The standard InChI is InChI=1S/C17H20O4/c1-19-9-10-21-17-11-14(3-4-15(17)12-18)13-5-7-16(20-2)8-6-13/h3-8,11,18H,9-10,12H2,1-2H3. The summed E-state index contributed by atoms with van der Waals surface area (Å²) in [6.45, 7) is 0.915. The predicted octanol–water partition coefficient (Wildman–Crippen LogP) is 2.88. The summed E-state index contributed by atoms with van der Waals surface area (Å²) < 4.78 is 15.8. The summed E-state index contributed by atoms with van der Waals surface area (Å²) in [5, 5.41) is 9.38. The molecule has 21 heavy (non-hydrogen) atoms. The van der Waals surface area contributed by atoms with Gasteiger partial charge in [-0.2, -0.15) is 0 Å². The zero-order valence-electron chi connectivity index (χ0n) is 12.3. The van der Waals surface area contributed by atoms with E-state index in [1.165, 1.54) is 0 Å². The highest BCUT2D eigenvalue weighted by molar-refractivity contribution is 5.66. The molecule has 2 aromatic rings. The zero-order chi connectivity index (χ0) is 15.1. The maximum Gasteiger partial charge on any atom is 0.125 e. The van der Waals surface area contributed by atoms with Crippen molar-refractivity contribution in [3.05, 3.63) is 48.0 Å². The van der Waals surface area contributed by atoms with Crippen LogP contribution in [0.3, 0.4) is 0 Å². The summed E-state index contributed by atoms with van der Waals surface area (Å²) >= 11 is 0. The van der Waals surface area contributed by atoms with E-state index >= 15 is 0 Å². The minimum Gasteiger partial charge on any atom is -0.497 e. The number of hydrogen-bond donors (Lipinski definition) is 1. The average molecular weight is 288 g/mol. The van der Waals surface area contributed by atoms with Gasteiger partial charge >= 0.3 is 0 Å². The average Bonchev–Trinajstić information content (AvgIpc) is 2.55. The number of aliphatic hydroxyl groups excluding tert-OH is 1. The summed E-state index contributed by atoms with van der Waals surface area (Å²) in [5.41, 5.74) is 2.86. The second-order valence-corrected chi connectivity index (χ2v) is 4.55. The van der Waals surface area contributed by atoms with Crippen LogP contribution in [-0.2, 0) is 11.3 Å². The number of aliphatic hydroxyl groups is 1. The van der Waals surface area contributed by atoms with Gasteiger partial charge in [0.05, 0.1) is 20.3 Å². The Labute approximate surface area is 124 Å². The molecule has 0 aromatic heterocycles. The molecule has 1 N–H and O–H groups in total. The maximum absolute atomic E-state index is 9.38. The molecule has 4 nitrogen and oxygen atoms in total. The minimum absolute atomic E-state index is 0.0504. The first kappa shape index (κ1) is 15.4. The first-order valence-electron chi connectivity index (χ1n) is 6.78. The summed E-state index contributed by atoms with van der Waals surface area (Å²) in [5.74, 6) is 1.50. The number of methoxy groups -OCH3 is 2. The third-order valence-corrected chi connectivity index (χ3v) is 3.21. The lowest BCUT2D eigenvalue weighted by molar-refractivity contribution is 0.144. The van der Waals surface area contributed by atoms with Crippen molar-refractivity contribution < 1.29 is 19.3 Å². The van der Waals surface area contributed by atoms with Gasteiger partial charge in [-0.25, -0.2) is 0 Å². The van der Waals surface area contributed by atoms with Gasteiger partial charge in [-0.15, -0.1) is 0 Å². The van der Waals surface area contributed by atoms with Gasteiger partial charge in [0.15, 0.2) is 0 Å². The van der Waals surface area contributed by atoms with Gasteiger partial charge in [-0.05, 0) is 29.3 Å². The Bertz CT molecular complexity index is 564. The molecule has 0 aliphatic carbocycles. The molecule has 2 aromatic carbocycles. The summed E-state index contributed by atoms with van der Waals surface area (Å²) in [6.07, 6.45) is 0. The molecule has 0 atom stereocenters. The van der Waals surface area contributed by atoms with E-state index in [2.05, 4.69) is 0 Å². The second-order valence-electron chi connectivity index (χ2n) is 4.55. The molecule has 0 fully saturated rings. The highest BCUT2D eigenvalue weighted by Gasteiger charge is 2.06. The second kappa shape index (κ2) is 7.67. The van der Waals surface area contributed by atoms with Crippen molar-refractivity contribution in [2.24, 2.45) is 0 Å². The zero-order valence-corrected chi connectivity index (χ0v) is 12.3. The van der Waals surface area contributed by atoms with E-state index < -0.39 is 0 Å². The molecule has 0 aliphatic rings. The topological polar surface area (TPSA) is 47.9 Å². The van der Waals surface area contributed by atoms with Crippen LogP contribution in [0.2, 0.25) is 0 Å². The molecule has 0 bridgehead atoms. The fourth-order valence-corrected chi connectivity index (χ4v) is 2.02. The van der Waals surface area contributed by atoms with Gasteiger partial charge in [0.1, 0.15) is 18.1 Å². The van der Waals surface area contributed by atoms with Crippen LogP contribution in [0.25, 0.3) is 11.1 Å². The highest BCUT2D eigenvalue weighted by Crippen LogP contribution is 2.28. The molecule has 0 spiro atoms. The van der Waals surface area contributed by atoms with E-state index in [0.717, 1.165) is 22.4 Å². The highest BCUT2D eigenvalue weighted by atomic mass is 16.5. The minimum atomic E-state index is -0.0504. The molecule has 0 aliphatic heterocycles. The Hall–Kier alpha value is -2.04. The molecule has 0 amide bonds. The summed E-state index contributed by atoms with van der Waals surface area (Å²) in [4.78, 5) is 0. The third kappa shape index (κ3) is 3.97. The molecule has 112 valence electrons. The van der Waals surface area contributed by atoms with Crippen LogP contribution in [0.5, 0.6) is 11.5 Å². The number of rotatable bonds is 7. The molecule has 0 unspecified atom stereocenters. The van der Waals surface area contributed by atoms with Crippen LogP contribution >= 0.6 is 0 Å². The van der Waals surface area contributed by atoms with Crippen LogP contribution in [-0.4, -0.2) is 32.5 Å². The van der Waals surface area contributed by atoms with Crippen molar-refractivity contribution in [3.8, 4) is 22.6 Å². The molecule has 0 saturated heterocycles. The van der Waals surface area contributed by atoms with Crippen molar-refractivity contribution in [2.75, 3.05) is 27.4 Å². The Morgan fingerprint density at radius 2 is 1.62 bits per heavy atom. The third-order valence-electron chi connectivity index (χ3n) is 3.21. The Morgan fingerprint density at radius 1 is 0.905 bits per heavy atom. The van der Waals surface area contributed by atoms with E-state index in [0.29, 0.717) is 19.0 Å². The predicted molar refractivity (Wildman–Crippen MR) is 81.7 cm³/mol. The van der Waals surface area contributed by atoms with Crippen molar-refractivity contribution >= 4 is 0 Å². The molecular formula is C17H20O4. The number of benzene rings is 2. The van der Waals surface area contributed by atoms with E-state index in [9.17, 15) is 5.11 Å². The van der Waals surface area contributed by atoms with Gasteiger partial charge in [0.25, 0.3) is 0 Å². The van der Waals surface area contributed by atoms with Gasteiger partial charge in [0, 0.05) is 12.7 Å². The van der Waals surface area contributed by atoms with E-state index in [1.54, 1.807) is 14.2 Å². The number of ether oxygens (including phenoxy) is 3. The fourth-order valence-electron chi connectivity index (χ4n) is 2.02. The van der Waals surface area contributed by atoms with Crippen molar-refractivity contribution in [3.63, 3.8) is 0 Å². The van der Waals surface area contributed by atoms with Gasteiger partial charge in [-0.1, -0.05) is 24.3 Å². The lowest BCUT2D eigenvalue weighted by atomic mass is 10.0. The van der Waals surface area contributed by atoms with Crippen LogP contribution in [0.1, 0.15) is 5.56 Å². The first-order chi connectivity index (χ1) is 10.3. The molecule has 0 heterocycles. The number of hydrogen-bond acceptors (Lipinski definition) is 4. The lowest BCUT2D eigenvalue weighted by Crippen LogP contribution is -2.06. The Kier molecular flexibility index (Phi) is 5.60. The monoisotopic (exact) mass is 288 g/mol. The molecule has 0 radical (unpaired) electrons. The van der Waals surface area contributed by atoms with Crippen molar-refractivity contribution in [1.29, 1.82) is 0 Å². The Morgan fingerprint density at radius 3 is 2.24 bits per heavy atom. The largest absolute Gasteiger partial charge is 0.497 e. The van der Waals surface area contributed by atoms with Gasteiger partial charge in [0.2, 0.25) is 0 Å². The van der Waals surface area contributed by atoms with Gasteiger partial charge in [-0.3, -0.25) is 0 Å². The molecule has 4 heteroatoms. The van der Waals surface area contributed by atoms with Crippen LogP contribution < -0.4 is 9.47 Å². The quantitative estimate of drug-likeness (QED) is 0.796. The molecule has 2 rings (SSSR count). The van der Waals surface area contributed by atoms with E-state index in [-0.39, 0.29) is 6.61 Å². The van der Waals surface area contributed by atoms with Crippen LogP contribution in [0.4, 0.5) is 0 Å². The van der Waals surface area contributed by atoms with Crippen LogP contribution in [0.15, 0.2) is 42.5 Å². The normalized spacial score (nSPS) is 10.4. The van der Waals surface area contributed by atoms with Crippen molar-refractivity contribution in [2.45, 2.75) is 6.61 Å². The Balaban J connectivity index is 2.24.